The van der Waals surface area contributed by atoms with Gasteiger partial charge in [0.2, 0.25) is 5.28 Å². The Morgan fingerprint density at radius 2 is 2.16 bits per heavy atom. The first kappa shape index (κ1) is 17.8. The summed E-state index contributed by atoms with van der Waals surface area (Å²) in [6.45, 7) is 8.73. The van der Waals surface area contributed by atoms with E-state index in [1.807, 2.05) is 13.1 Å². The minimum absolute atomic E-state index is 0.0479. The van der Waals surface area contributed by atoms with Crippen molar-refractivity contribution in [1.29, 1.82) is 0 Å². The Morgan fingerprint density at radius 3 is 2.80 bits per heavy atom. The molecular formula is C17H24ClN5O2. The molecule has 136 valence electrons. The third kappa shape index (κ3) is 3.38. The van der Waals surface area contributed by atoms with Gasteiger partial charge in [-0.05, 0) is 42.3 Å². The number of hydrogen-bond acceptors (Lipinski definition) is 4. The number of fused-ring (bicyclic) bond motifs is 1. The van der Waals surface area contributed by atoms with Crippen LogP contribution in [0, 0.1) is 12.3 Å². The van der Waals surface area contributed by atoms with E-state index in [-0.39, 0.29) is 22.8 Å². The van der Waals surface area contributed by atoms with Gasteiger partial charge in [-0.1, -0.05) is 20.8 Å². The number of rotatable bonds is 2. The average molecular weight is 366 g/mol. The first-order chi connectivity index (χ1) is 11.7. The zero-order valence-corrected chi connectivity index (χ0v) is 15.7. The molecule has 1 aliphatic rings. The number of likely N-dealkylation sites (tertiary alicyclic amines) is 1. The number of aromatic amines is 1. The van der Waals surface area contributed by atoms with Crippen LogP contribution in [0.2, 0.25) is 5.28 Å². The number of carboxylic acid groups (broad SMARTS) is 1. The molecule has 0 aromatic carbocycles. The van der Waals surface area contributed by atoms with E-state index in [9.17, 15) is 9.90 Å². The molecule has 2 aromatic heterocycles. The van der Waals surface area contributed by atoms with Gasteiger partial charge in [0.1, 0.15) is 11.5 Å². The number of carbonyl (C=O) groups is 1. The lowest BCUT2D eigenvalue weighted by atomic mass is 9.77. The topological polar surface area (TPSA) is 94.1 Å². The second-order valence-corrected chi connectivity index (χ2v) is 8.05. The van der Waals surface area contributed by atoms with Gasteiger partial charge in [0.15, 0.2) is 0 Å². The summed E-state index contributed by atoms with van der Waals surface area (Å²) in [5.41, 5.74) is 1.49. The maximum Gasteiger partial charge on any atom is 0.407 e. The van der Waals surface area contributed by atoms with Crippen LogP contribution in [0.4, 0.5) is 10.6 Å². The molecule has 1 fully saturated rings. The van der Waals surface area contributed by atoms with Crippen LogP contribution in [-0.4, -0.2) is 49.7 Å². The zero-order chi connectivity index (χ0) is 18.4. The molecule has 3 heterocycles. The number of halogens is 1. The van der Waals surface area contributed by atoms with Gasteiger partial charge in [-0.2, -0.15) is 4.98 Å². The molecule has 2 atom stereocenters. The molecule has 0 spiro atoms. The number of amides is 1. The molecule has 8 heteroatoms. The quantitative estimate of drug-likeness (QED) is 0.702. The lowest BCUT2D eigenvalue weighted by molar-refractivity contribution is 0.0519. The zero-order valence-electron chi connectivity index (χ0n) is 14.9. The molecule has 2 unspecified atom stereocenters. The second-order valence-electron chi connectivity index (χ2n) is 7.72. The fourth-order valence-electron chi connectivity index (χ4n) is 3.87. The summed E-state index contributed by atoms with van der Waals surface area (Å²) in [5.74, 6) is 0.653. The number of nitrogens with zero attached hydrogens (tertiary/aromatic N) is 3. The number of aryl methyl sites for hydroxylation is 1. The number of aromatic nitrogens is 3. The van der Waals surface area contributed by atoms with Gasteiger partial charge >= 0.3 is 6.09 Å². The number of piperidine rings is 1. The van der Waals surface area contributed by atoms with E-state index in [0.717, 1.165) is 23.8 Å². The minimum Gasteiger partial charge on any atom is -0.465 e. The molecule has 3 rings (SSSR count). The van der Waals surface area contributed by atoms with Crippen molar-refractivity contribution in [2.75, 3.05) is 11.9 Å². The van der Waals surface area contributed by atoms with Crippen LogP contribution in [0.3, 0.4) is 0 Å². The molecule has 25 heavy (non-hydrogen) atoms. The standard InChI is InChI=1S/C17H24ClN5O2/c1-9-8-19-13-11(9)14(22-15(18)21-13)20-10-6-5-7-23(16(24)25)12(10)17(2,3)4/h8,10,12H,5-7H2,1-4H3,(H,24,25)(H2,19,20,21,22). The highest BCUT2D eigenvalue weighted by molar-refractivity contribution is 6.28. The van der Waals surface area contributed by atoms with Crippen LogP contribution in [-0.2, 0) is 0 Å². The molecule has 1 amide bonds. The smallest absolute Gasteiger partial charge is 0.407 e. The van der Waals surface area contributed by atoms with E-state index >= 15 is 0 Å². The summed E-state index contributed by atoms with van der Waals surface area (Å²) in [6.07, 6.45) is 2.67. The van der Waals surface area contributed by atoms with E-state index in [2.05, 4.69) is 41.0 Å². The number of nitrogens with one attached hydrogen (secondary N) is 2. The predicted molar refractivity (Wildman–Crippen MR) is 98.3 cm³/mol. The first-order valence-corrected chi connectivity index (χ1v) is 8.83. The fourth-order valence-corrected chi connectivity index (χ4v) is 4.04. The van der Waals surface area contributed by atoms with E-state index in [1.54, 1.807) is 4.90 Å². The van der Waals surface area contributed by atoms with E-state index in [4.69, 9.17) is 11.6 Å². The Labute approximate surface area is 151 Å². The summed E-state index contributed by atoms with van der Waals surface area (Å²) in [5, 5.41) is 14.2. The van der Waals surface area contributed by atoms with Gasteiger partial charge in [0, 0.05) is 18.8 Å². The molecule has 0 saturated carbocycles. The van der Waals surface area contributed by atoms with Crippen LogP contribution in [0.5, 0.6) is 0 Å². The summed E-state index contributed by atoms with van der Waals surface area (Å²) in [4.78, 5) is 25.0. The molecule has 1 aliphatic heterocycles. The lowest BCUT2D eigenvalue weighted by Gasteiger charge is -2.47. The van der Waals surface area contributed by atoms with Crippen molar-refractivity contribution < 1.29 is 9.90 Å². The van der Waals surface area contributed by atoms with Gasteiger partial charge in [-0.25, -0.2) is 9.78 Å². The monoisotopic (exact) mass is 365 g/mol. The minimum atomic E-state index is -0.880. The Balaban J connectivity index is 2.01. The maximum absolute atomic E-state index is 11.7. The first-order valence-electron chi connectivity index (χ1n) is 8.46. The van der Waals surface area contributed by atoms with Crippen molar-refractivity contribution in [3.05, 3.63) is 17.0 Å². The molecule has 1 saturated heterocycles. The van der Waals surface area contributed by atoms with Crippen LogP contribution < -0.4 is 5.32 Å². The summed E-state index contributed by atoms with van der Waals surface area (Å²) < 4.78 is 0. The molecule has 3 N–H and O–H groups in total. The Hall–Kier alpha value is -2.02. The molecule has 0 aliphatic carbocycles. The summed E-state index contributed by atoms with van der Waals surface area (Å²) >= 11 is 6.07. The highest BCUT2D eigenvalue weighted by Crippen LogP contribution is 2.35. The third-order valence-corrected chi connectivity index (χ3v) is 4.96. The lowest BCUT2D eigenvalue weighted by Crippen LogP contribution is -2.58. The highest BCUT2D eigenvalue weighted by Gasteiger charge is 2.42. The number of H-pyrrole nitrogens is 1. The van der Waals surface area contributed by atoms with Crippen molar-refractivity contribution in [1.82, 2.24) is 19.9 Å². The van der Waals surface area contributed by atoms with Crippen LogP contribution in [0.1, 0.15) is 39.2 Å². The van der Waals surface area contributed by atoms with Crippen molar-refractivity contribution in [3.63, 3.8) is 0 Å². The predicted octanol–water partition coefficient (Wildman–Crippen LogP) is 3.89. The van der Waals surface area contributed by atoms with Gasteiger partial charge in [0.05, 0.1) is 11.4 Å². The third-order valence-electron chi connectivity index (χ3n) is 4.79. The molecule has 0 radical (unpaired) electrons. The normalized spacial score (nSPS) is 21.6. The molecule has 0 bridgehead atoms. The van der Waals surface area contributed by atoms with Gasteiger partial charge in [-0.15, -0.1) is 0 Å². The van der Waals surface area contributed by atoms with Gasteiger partial charge in [-0.3, -0.25) is 0 Å². The Morgan fingerprint density at radius 1 is 1.44 bits per heavy atom. The fraction of sp³-hybridized carbons (Fsp3) is 0.588. The van der Waals surface area contributed by atoms with Crippen molar-refractivity contribution >= 4 is 34.5 Å². The van der Waals surface area contributed by atoms with Crippen LogP contribution >= 0.6 is 11.6 Å². The highest BCUT2D eigenvalue weighted by atomic mass is 35.5. The molecular weight excluding hydrogens is 342 g/mol. The molecule has 2 aromatic rings. The van der Waals surface area contributed by atoms with Crippen LogP contribution in [0.25, 0.3) is 11.0 Å². The van der Waals surface area contributed by atoms with Crippen molar-refractivity contribution in [2.45, 2.75) is 52.6 Å². The summed E-state index contributed by atoms with van der Waals surface area (Å²) in [7, 11) is 0. The van der Waals surface area contributed by atoms with Gasteiger partial charge in [0.25, 0.3) is 0 Å². The van der Waals surface area contributed by atoms with E-state index < -0.39 is 6.09 Å². The molecule has 7 nitrogen and oxygen atoms in total. The van der Waals surface area contributed by atoms with E-state index in [1.165, 1.54) is 0 Å². The van der Waals surface area contributed by atoms with E-state index in [0.29, 0.717) is 18.0 Å². The average Bonchev–Trinajstić information content (AvgIpc) is 2.87. The number of anilines is 1. The van der Waals surface area contributed by atoms with Crippen molar-refractivity contribution in [3.8, 4) is 0 Å². The Kier molecular flexibility index (Phi) is 4.53. The second kappa shape index (κ2) is 6.37. The van der Waals surface area contributed by atoms with Gasteiger partial charge < -0.3 is 20.3 Å². The Bertz CT molecular complexity index is 798. The van der Waals surface area contributed by atoms with Crippen LogP contribution in [0.15, 0.2) is 6.20 Å². The maximum atomic E-state index is 11.7. The SMILES string of the molecule is Cc1c[nH]c2nc(Cl)nc(NC3CCCN(C(=O)O)C3C(C)(C)C)c12. The number of hydrogen-bond donors (Lipinski definition) is 3. The van der Waals surface area contributed by atoms with Crippen molar-refractivity contribution in [2.24, 2.45) is 5.41 Å². The summed E-state index contributed by atoms with van der Waals surface area (Å²) in [6, 6.07) is -0.213. The largest absolute Gasteiger partial charge is 0.465 e.